The molecule has 0 spiro atoms. The molecule has 5 heteroatoms. The number of halogens is 1. The summed E-state index contributed by atoms with van der Waals surface area (Å²) < 4.78 is 9.32. The zero-order valence-electron chi connectivity index (χ0n) is 8.66. The largest absolute Gasteiger partial charge is 0.463 e. The van der Waals surface area contributed by atoms with Gasteiger partial charge in [-0.15, -0.1) is 0 Å². The van der Waals surface area contributed by atoms with Crippen LogP contribution in [0.25, 0.3) is 0 Å². The number of rotatable bonds is 5. The molecule has 0 aromatic rings. The van der Waals surface area contributed by atoms with Gasteiger partial charge in [-0.2, -0.15) is 0 Å². The molecule has 0 saturated carbocycles. The Bertz CT molecular complexity index is 281. The molecule has 0 fully saturated rings. The smallest absolute Gasteiger partial charge is 0.339 e. The molecule has 4 nitrogen and oxygen atoms in total. The summed E-state index contributed by atoms with van der Waals surface area (Å²) >= 11 is 5.39. The maximum atomic E-state index is 11.2. The first-order valence-electron chi connectivity index (χ1n) is 4.48. The number of hydrogen-bond acceptors (Lipinski definition) is 4. The molecule has 0 unspecified atom stereocenters. The van der Waals surface area contributed by atoms with Crippen LogP contribution in [0.4, 0.5) is 0 Å². The summed E-state index contributed by atoms with van der Waals surface area (Å²) in [6, 6.07) is 0. The van der Waals surface area contributed by atoms with E-state index in [0.717, 1.165) is 11.6 Å². The lowest BCUT2D eigenvalue weighted by Crippen LogP contribution is -2.06. The lowest BCUT2D eigenvalue weighted by Gasteiger charge is -2.00. The third-order valence-corrected chi connectivity index (χ3v) is 1.55. The van der Waals surface area contributed by atoms with Crippen LogP contribution in [0.5, 0.6) is 0 Å². The lowest BCUT2D eigenvalue weighted by molar-refractivity contribution is -0.138. The summed E-state index contributed by atoms with van der Waals surface area (Å²) in [6.07, 6.45) is 2.37. The number of ether oxygens (including phenoxy) is 2. The summed E-state index contributed by atoms with van der Waals surface area (Å²) in [5, 5.41) is 0. The Hall–Kier alpha value is -1.29. The lowest BCUT2D eigenvalue weighted by atomic mass is 10.3. The van der Waals surface area contributed by atoms with Gasteiger partial charge in [0.2, 0.25) is 0 Å². The number of carbonyl (C=O) groups excluding carboxylic acids is 2. The summed E-state index contributed by atoms with van der Waals surface area (Å²) in [6.45, 7) is 3.90. The van der Waals surface area contributed by atoms with Crippen molar-refractivity contribution in [2.24, 2.45) is 0 Å². The van der Waals surface area contributed by atoms with Gasteiger partial charge in [0, 0.05) is 11.6 Å². The van der Waals surface area contributed by atoms with Crippen LogP contribution in [0.2, 0.25) is 0 Å². The summed E-state index contributed by atoms with van der Waals surface area (Å²) in [7, 11) is 0. The molecule has 0 aliphatic heterocycles. The number of hydrogen-bond donors (Lipinski definition) is 0. The Labute approximate surface area is 93.5 Å². The van der Waals surface area contributed by atoms with Crippen LogP contribution in [0, 0.1) is 0 Å². The Balaban J connectivity index is 4.34. The highest BCUT2D eigenvalue weighted by atomic mass is 35.5. The van der Waals surface area contributed by atoms with E-state index in [1.807, 2.05) is 0 Å². The second kappa shape index (κ2) is 8.05. The van der Waals surface area contributed by atoms with E-state index in [0.29, 0.717) is 0 Å². The monoisotopic (exact) mass is 232 g/mol. The molecule has 0 aliphatic rings. The van der Waals surface area contributed by atoms with Gasteiger partial charge in [0.1, 0.15) is 0 Å². The minimum absolute atomic E-state index is 0.103. The Morgan fingerprint density at radius 2 is 1.73 bits per heavy atom. The number of esters is 2. The maximum absolute atomic E-state index is 11.2. The molecular formula is C10H13ClO4. The van der Waals surface area contributed by atoms with E-state index in [1.54, 1.807) is 13.8 Å². The fraction of sp³-hybridized carbons (Fsp3) is 0.400. The van der Waals surface area contributed by atoms with Gasteiger partial charge in [-0.25, -0.2) is 9.59 Å². The van der Waals surface area contributed by atoms with Crippen LogP contribution in [0.3, 0.4) is 0 Å². The van der Waals surface area contributed by atoms with Crippen LogP contribution in [-0.4, -0.2) is 25.2 Å². The van der Waals surface area contributed by atoms with Gasteiger partial charge in [0.25, 0.3) is 0 Å². The van der Waals surface area contributed by atoms with Crippen molar-refractivity contribution in [2.45, 2.75) is 13.8 Å². The van der Waals surface area contributed by atoms with E-state index in [4.69, 9.17) is 16.3 Å². The average Bonchev–Trinajstić information content (AvgIpc) is 2.19. The van der Waals surface area contributed by atoms with E-state index < -0.39 is 11.9 Å². The van der Waals surface area contributed by atoms with E-state index in [9.17, 15) is 9.59 Å². The molecule has 0 rings (SSSR count). The molecule has 84 valence electrons. The number of carbonyl (C=O) groups is 2. The second-order valence-corrected chi connectivity index (χ2v) is 2.59. The fourth-order valence-electron chi connectivity index (χ4n) is 0.712. The Morgan fingerprint density at radius 3 is 2.20 bits per heavy atom. The molecule has 0 amide bonds. The third kappa shape index (κ3) is 5.91. The molecule has 15 heavy (non-hydrogen) atoms. The second-order valence-electron chi connectivity index (χ2n) is 2.37. The van der Waals surface area contributed by atoms with Crippen molar-refractivity contribution in [3.63, 3.8) is 0 Å². The topological polar surface area (TPSA) is 52.6 Å². The van der Waals surface area contributed by atoms with Crippen molar-refractivity contribution in [1.29, 1.82) is 0 Å². The predicted octanol–water partition coefficient (Wildman–Crippen LogP) is 1.79. The molecule has 0 bridgehead atoms. The van der Waals surface area contributed by atoms with E-state index in [-0.39, 0.29) is 18.8 Å². The van der Waals surface area contributed by atoms with Crippen LogP contribution < -0.4 is 0 Å². The molecular weight excluding hydrogens is 220 g/mol. The Morgan fingerprint density at radius 1 is 1.13 bits per heavy atom. The average molecular weight is 233 g/mol. The summed E-state index contributed by atoms with van der Waals surface area (Å²) in [4.78, 5) is 22.1. The van der Waals surface area contributed by atoms with Gasteiger partial charge in [-0.1, -0.05) is 11.6 Å². The van der Waals surface area contributed by atoms with Crippen molar-refractivity contribution in [2.75, 3.05) is 13.2 Å². The fourth-order valence-corrected chi connectivity index (χ4v) is 0.873. The van der Waals surface area contributed by atoms with Crippen molar-refractivity contribution >= 4 is 23.5 Å². The van der Waals surface area contributed by atoms with Gasteiger partial charge in [-0.3, -0.25) is 0 Å². The van der Waals surface area contributed by atoms with Crippen molar-refractivity contribution < 1.29 is 19.1 Å². The third-order valence-electron chi connectivity index (χ3n) is 1.31. The normalized spacial score (nSPS) is 11.5. The highest BCUT2D eigenvalue weighted by molar-refractivity contribution is 6.27. The SMILES string of the molecule is CCOC(=O)/C=C/C(=C\Cl)C(=O)OCC. The van der Waals surface area contributed by atoms with Crippen molar-refractivity contribution in [3.05, 3.63) is 23.3 Å². The zero-order chi connectivity index (χ0) is 11.7. The van der Waals surface area contributed by atoms with E-state index in [1.165, 1.54) is 6.08 Å². The molecule has 0 radical (unpaired) electrons. The molecule has 0 aromatic carbocycles. The van der Waals surface area contributed by atoms with E-state index in [2.05, 4.69) is 4.74 Å². The van der Waals surface area contributed by atoms with Crippen LogP contribution >= 0.6 is 11.6 Å². The van der Waals surface area contributed by atoms with E-state index >= 15 is 0 Å². The summed E-state index contributed by atoms with van der Waals surface area (Å²) in [5.41, 5.74) is 1.15. The predicted molar refractivity (Wildman–Crippen MR) is 56.3 cm³/mol. The van der Waals surface area contributed by atoms with Crippen LogP contribution in [-0.2, 0) is 19.1 Å². The first-order chi connectivity index (χ1) is 7.15. The van der Waals surface area contributed by atoms with Crippen molar-refractivity contribution in [3.8, 4) is 0 Å². The van der Waals surface area contributed by atoms with Gasteiger partial charge in [-0.05, 0) is 19.9 Å². The minimum Gasteiger partial charge on any atom is -0.463 e. The summed E-state index contributed by atoms with van der Waals surface area (Å²) in [5.74, 6) is -1.11. The first-order valence-corrected chi connectivity index (χ1v) is 4.91. The molecule has 0 N–H and O–H groups in total. The molecule has 0 saturated heterocycles. The quantitative estimate of drug-likeness (QED) is 0.412. The molecule has 0 aromatic heterocycles. The zero-order valence-corrected chi connectivity index (χ0v) is 9.41. The first kappa shape index (κ1) is 13.7. The molecule has 0 heterocycles. The minimum atomic E-state index is -0.576. The van der Waals surface area contributed by atoms with Gasteiger partial charge in [0.05, 0.1) is 18.8 Å². The van der Waals surface area contributed by atoms with Gasteiger partial charge >= 0.3 is 11.9 Å². The van der Waals surface area contributed by atoms with Crippen LogP contribution in [0.1, 0.15) is 13.8 Å². The molecule has 0 atom stereocenters. The van der Waals surface area contributed by atoms with Crippen molar-refractivity contribution in [1.82, 2.24) is 0 Å². The molecule has 0 aliphatic carbocycles. The standard InChI is InChI=1S/C10H13ClO4/c1-3-14-9(12)6-5-8(7-11)10(13)15-4-2/h5-7H,3-4H2,1-2H3/b6-5+,8-7+. The highest BCUT2D eigenvalue weighted by Crippen LogP contribution is 2.03. The maximum Gasteiger partial charge on any atom is 0.339 e. The Kier molecular flexibility index (Phi) is 7.36. The van der Waals surface area contributed by atoms with Crippen LogP contribution in [0.15, 0.2) is 23.3 Å². The van der Waals surface area contributed by atoms with Gasteiger partial charge in [0.15, 0.2) is 0 Å². The van der Waals surface area contributed by atoms with Gasteiger partial charge < -0.3 is 9.47 Å². The highest BCUT2D eigenvalue weighted by Gasteiger charge is 2.06.